The van der Waals surface area contributed by atoms with Crippen LogP contribution >= 0.6 is 0 Å². The van der Waals surface area contributed by atoms with Gasteiger partial charge in [-0.2, -0.15) is 5.10 Å². The van der Waals surface area contributed by atoms with Crippen molar-refractivity contribution < 1.29 is 4.39 Å². The van der Waals surface area contributed by atoms with Crippen LogP contribution in [-0.2, 0) is 0 Å². The summed E-state index contributed by atoms with van der Waals surface area (Å²) in [6, 6.07) is 4.59. The van der Waals surface area contributed by atoms with E-state index in [1.54, 1.807) is 17.1 Å². The van der Waals surface area contributed by atoms with Gasteiger partial charge >= 0.3 is 0 Å². The van der Waals surface area contributed by atoms with Crippen molar-refractivity contribution in [2.45, 2.75) is 13.8 Å². The van der Waals surface area contributed by atoms with E-state index >= 15 is 0 Å². The first-order valence-electron chi connectivity index (χ1n) is 4.31. The average molecular weight is 191 g/mol. The second-order valence-electron chi connectivity index (χ2n) is 3.17. The lowest BCUT2D eigenvalue weighted by atomic mass is 10.2. The van der Waals surface area contributed by atoms with Crippen LogP contribution in [0, 0.1) is 19.7 Å². The fourth-order valence-corrected chi connectivity index (χ4v) is 1.34. The Hall–Kier alpha value is -1.71. The molecule has 0 atom stereocenters. The molecule has 0 N–H and O–H groups in total. The summed E-state index contributed by atoms with van der Waals surface area (Å²) in [6.07, 6.45) is 1.62. The maximum absolute atomic E-state index is 12.8. The van der Waals surface area contributed by atoms with E-state index in [0.717, 1.165) is 11.3 Å². The van der Waals surface area contributed by atoms with Gasteiger partial charge in [-0.25, -0.2) is 14.1 Å². The molecule has 3 nitrogen and oxygen atoms in total. The topological polar surface area (TPSA) is 30.7 Å². The zero-order valence-electron chi connectivity index (χ0n) is 8.03. The number of hydrogen-bond donors (Lipinski definition) is 0. The molecule has 4 heteroatoms. The maximum Gasteiger partial charge on any atom is 0.147 e. The first-order chi connectivity index (χ1) is 6.66. The lowest BCUT2D eigenvalue weighted by molar-refractivity contribution is 0.625. The highest BCUT2D eigenvalue weighted by Gasteiger charge is 2.03. The summed E-state index contributed by atoms with van der Waals surface area (Å²) in [5.74, 6) is 0.469. The Labute approximate surface area is 81.2 Å². The van der Waals surface area contributed by atoms with Crippen molar-refractivity contribution in [3.8, 4) is 5.69 Å². The van der Waals surface area contributed by atoms with Crippen molar-refractivity contribution in [2.24, 2.45) is 0 Å². The Bertz CT molecular complexity index is 462. The van der Waals surface area contributed by atoms with E-state index < -0.39 is 0 Å². The van der Waals surface area contributed by atoms with Gasteiger partial charge in [-0.05, 0) is 37.6 Å². The van der Waals surface area contributed by atoms with Crippen molar-refractivity contribution in [3.63, 3.8) is 0 Å². The molecule has 2 rings (SSSR count). The molecule has 0 saturated carbocycles. The molecule has 0 amide bonds. The van der Waals surface area contributed by atoms with Crippen LogP contribution < -0.4 is 0 Å². The second-order valence-corrected chi connectivity index (χ2v) is 3.17. The largest absolute Gasteiger partial charge is 0.221 e. The molecule has 0 spiro atoms. The van der Waals surface area contributed by atoms with Crippen LogP contribution in [-0.4, -0.2) is 14.8 Å². The molecule has 1 aromatic carbocycles. The number of aromatic nitrogens is 3. The van der Waals surface area contributed by atoms with Crippen molar-refractivity contribution in [1.29, 1.82) is 0 Å². The number of rotatable bonds is 1. The lowest BCUT2D eigenvalue weighted by Gasteiger charge is -2.04. The fraction of sp³-hybridized carbons (Fsp3) is 0.200. The molecule has 1 aromatic heterocycles. The van der Waals surface area contributed by atoms with E-state index in [0.29, 0.717) is 5.82 Å². The van der Waals surface area contributed by atoms with Gasteiger partial charge in [0, 0.05) is 0 Å². The van der Waals surface area contributed by atoms with Gasteiger partial charge in [-0.3, -0.25) is 0 Å². The molecular formula is C10H10FN3. The standard InChI is InChI=1S/C10H10FN3/c1-7-5-9(11)3-4-10(7)14-6-12-8(2)13-14/h3-6H,1-2H3. The number of halogens is 1. The predicted octanol–water partition coefficient (Wildman–Crippen LogP) is 2.02. The Kier molecular flexibility index (Phi) is 2.04. The minimum absolute atomic E-state index is 0.233. The molecule has 1 heterocycles. The van der Waals surface area contributed by atoms with E-state index in [9.17, 15) is 4.39 Å². The molecule has 0 bridgehead atoms. The molecule has 72 valence electrons. The number of aryl methyl sites for hydroxylation is 2. The molecule has 0 aliphatic rings. The van der Waals surface area contributed by atoms with Gasteiger partial charge in [-0.1, -0.05) is 0 Å². The molecular weight excluding hydrogens is 181 g/mol. The minimum Gasteiger partial charge on any atom is -0.221 e. The third kappa shape index (κ3) is 1.51. The SMILES string of the molecule is Cc1ncn(-c2ccc(F)cc2C)n1. The third-order valence-electron chi connectivity index (χ3n) is 2.01. The number of benzene rings is 1. The van der Waals surface area contributed by atoms with Gasteiger partial charge in [0.15, 0.2) is 0 Å². The lowest BCUT2D eigenvalue weighted by Crippen LogP contribution is -1.98. The second kappa shape index (κ2) is 3.21. The molecule has 0 fully saturated rings. The highest BCUT2D eigenvalue weighted by Crippen LogP contribution is 2.13. The smallest absolute Gasteiger partial charge is 0.147 e. The van der Waals surface area contributed by atoms with Crippen LogP contribution in [0.1, 0.15) is 11.4 Å². The molecule has 14 heavy (non-hydrogen) atoms. The molecule has 0 saturated heterocycles. The monoisotopic (exact) mass is 191 g/mol. The van der Waals surface area contributed by atoms with Crippen molar-refractivity contribution >= 4 is 0 Å². The van der Waals surface area contributed by atoms with E-state index in [1.807, 2.05) is 13.8 Å². The Balaban J connectivity index is 2.52. The zero-order valence-corrected chi connectivity index (χ0v) is 8.03. The first kappa shape index (κ1) is 8.87. The van der Waals surface area contributed by atoms with Crippen LogP contribution in [0.3, 0.4) is 0 Å². The minimum atomic E-state index is -0.233. The zero-order chi connectivity index (χ0) is 10.1. The van der Waals surface area contributed by atoms with Crippen LogP contribution in [0.15, 0.2) is 24.5 Å². The Morgan fingerprint density at radius 1 is 1.29 bits per heavy atom. The van der Waals surface area contributed by atoms with Gasteiger partial charge in [0.05, 0.1) is 5.69 Å². The summed E-state index contributed by atoms with van der Waals surface area (Å²) in [6.45, 7) is 3.66. The van der Waals surface area contributed by atoms with Crippen molar-refractivity contribution in [2.75, 3.05) is 0 Å². The van der Waals surface area contributed by atoms with Gasteiger partial charge in [-0.15, -0.1) is 0 Å². The Morgan fingerprint density at radius 2 is 2.07 bits per heavy atom. The van der Waals surface area contributed by atoms with E-state index in [4.69, 9.17) is 0 Å². The van der Waals surface area contributed by atoms with Crippen LogP contribution in [0.4, 0.5) is 4.39 Å². The number of nitrogens with zero attached hydrogens (tertiary/aromatic N) is 3. The predicted molar refractivity (Wildman–Crippen MR) is 50.8 cm³/mol. The summed E-state index contributed by atoms with van der Waals surface area (Å²) in [4.78, 5) is 4.01. The first-order valence-corrected chi connectivity index (χ1v) is 4.31. The summed E-state index contributed by atoms with van der Waals surface area (Å²) in [5, 5.41) is 4.15. The van der Waals surface area contributed by atoms with Gasteiger partial charge in [0.1, 0.15) is 18.0 Å². The number of hydrogen-bond acceptors (Lipinski definition) is 2. The highest BCUT2D eigenvalue weighted by molar-refractivity contribution is 5.39. The molecule has 2 aromatic rings. The summed E-state index contributed by atoms with van der Waals surface area (Å²) >= 11 is 0. The molecule has 0 radical (unpaired) electrons. The molecule has 0 aliphatic heterocycles. The van der Waals surface area contributed by atoms with E-state index in [-0.39, 0.29) is 5.82 Å². The van der Waals surface area contributed by atoms with Gasteiger partial charge < -0.3 is 0 Å². The van der Waals surface area contributed by atoms with Gasteiger partial charge in [0.2, 0.25) is 0 Å². The van der Waals surface area contributed by atoms with Crippen LogP contribution in [0.5, 0.6) is 0 Å². The molecule has 0 aliphatic carbocycles. The quantitative estimate of drug-likeness (QED) is 0.690. The van der Waals surface area contributed by atoms with E-state index in [1.165, 1.54) is 12.1 Å². The summed E-state index contributed by atoms with van der Waals surface area (Å²) < 4.78 is 14.5. The van der Waals surface area contributed by atoms with Gasteiger partial charge in [0.25, 0.3) is 0 Å². The highest BCUT2D eigenvalue weighted by atomic mass is 19.1. The van der Waals surface area contributed by atoms with Crippen molar-refractivity contribution in [1.82, 2.24) is 14.8 Å². The van der Waals surface area contributed by atoms with Crippen molar-refractivity contribution in [3.05, 3.63) is 41.7 Å². The Morgan fingerprint density at radius 3 is 2.64 bits per heavy atom. The van der Waals surface area contributed by atoms with Crippen LogP contribution in [0.2, 0.25) is 0 Å². The maximum atomic E-state index is 12.8. The average Bonchev–Trinajstić information content (AvgIpc) is 2.51. The van der Waals surface area contributed by atoms with Crippen LogP contribution in [0.25, 0.3) is 5.69 Å². The molecule has 0 unspecified atom stereocenters. The summed E-state index contributed by atoms with van der Waals surface area (Å²) in [5.41, 5.74) is 1.70. The van der Waals surface area contributed by atoms with E-state index in [2.05, 4.69) is 10.1 Å². The fourth-order valence-electron chi connectivity index (χ4n) is 1.34. The summed E-state index contributed by atoms with van der Waals surface area (Å²) in [7, 11) is 0. The normalized spacial score (nSPS) is 10.5. The third-order valence-corrected chi connectivity index (χ3v) is 2.01.